The van der Waals surface area contributed by atoms with E-state index < -0.39 is 0 Å². The third kappa shape index (κ3) is 4.63. The fraction of sp³-hybridized carbons (Fsp3) is 0.250. The number of fused-ring (bicyclic) bond motifs is 1. The van der Waals surface area contributed by atoms with E-state index in [1.165, 1.54) is 0 Å². The van der Waals surface area contributed by atoms with E-state index in [-0.39, 0.29) is 6.10 Å². The van der Waals surface area contributed by atoms with Crippen molar-refractivity contribution < 1.29 is 14.2 Å². The number of hydrogen-bond donors (Lipinski definition) is 2. The summed E-state index contributed by atoms with van der Waals surface area (Å²) in [5.74, 6) is 3.01. The van der Waals surface area contributed by atoms with Crippen LogP contribution < -0.4 is 24.8 Å². The maximum atomic E-state index is 6.55. The van der Waals surface area contributed by atoms with Gasteiger partial charge < -0.3 is 24.8 Å². The predicted octanol–water partition coefficient (Wildman–Crippen LogP) is 5.79. The first kappa shape index (κ1) is 22.0. The van der Waals surface area contributed by atoms with Gasteiger partial charge in [0.2, 0.25) is 0 Å². The molecule has 2 N–H and O–H groups in total. The Bertz CT molecular complexity index is 1270. The summed E-state index contributed by atoms with van der Waals surface area (Å²) in [6, 6.07) is 22.4. The van der Waals surface area contributed by atoms with Crippen molar-refractivity contribution in [1.29, 1.82) is 0 Å². The number of rotatable bonds is 7. The zero-order chi connectivity index (χ0) is 23.3. The summed E-state index contributed by atoms with van der Waals surface area (Å²) in [6.45, 7) is 1.98. The topological polar surface area (TPSA) is 64.6 Å². The molecule has 0 amide bonds. The van der Waals surface area contributed by atoms with Gasteiger partial charge in [-0.05, 0) is 67.2 Å². The average molecular weight is 456 g/mol. The molecule has 0 radical (unpaired) electrons. The number of anilines is 2. The summed E-state index contributed by atoms with van der Waals surface area (Å²) in [7, 11) is 3.26. The van der Waals surface area contributed by atoms with Gasteiger partial charge >= 0.3 is 0 Å². The molecule has 34 heavy (non-hydrogen) atoms. The Morgan fingerprint density at radius 3 is 2.38 bits per heavy atom. The predicted molar refractivity (Wildman–Crippen MR) is 137 cm³/mol. The van der Waals surface area contributed by atoms with Gasteiger partial charge in [0.05, 0.1) is 14.2 Å². The Morgan fingerprint density at radius 2 is 1.62 bits per heavy atom. The van der Waals surface area contributed by atoms with Gasteiger partial charge in [0.25, 0.3) is 0 Å². The van der Waals surface area contributed by atoms with E-state index in [1.54, 1.807) is 14.2 Å². The molecule has 1 aromatic heterocycles. The fourth-order valence-corrected chi connectivity index (χ4v) is 4.42. The van der Waals surface area contributed by atoms with Gasteiger partial charge in [-0.2, -0.15) is 0 Å². The highest BCUT2D eigenvalue weighted by molar-refractivity contribution is 6.00. The van der Waals surface area contributed by atoms with Crippen molar-refractivity contribution in [2.75, 3.05) is 32.6 Å². The Labute approximate surface area is 199 Å². The van der Waals surface area contributed by atoms with Crippen molar-refractivity contribution >= 4 is 22.3 Å². The van der Waals surface area contributed by atoms with E-state index in [4.69, 9.17) is 14.2 Å². The molecule has 1 fully saturated rings. The lowest BCUT2D eigenvalue weighted by Gasteiger charge is -2.25. The fourth-order valence-electron chi connectivity index (χ4n) is 4.42. The zero-order valence-corrected chi connectivity index (χ0v) is 19.5. The van der Waals surface area contributed by atoms with Crippen molar-refractivity contribution in [3.05, 3.63) is 72.9 Å². The van der Waals surface area contributed by atoms with Crippen LogP contribution >= 0.6 is 0 Å². The van der Waals surface area contributed by atoms with Crippen LogP contribution in [-0.2, 0) is 0 Å². The third-order valence-corrected chi connectivity index (χ3v) is 6.16. The van der Waals surface area contributed by atoms with E-state index in [0.717, 1.165) is 65.1 Å². The minimum absolute atomic E-state index is 0.215. The van der Waals surface area contributed by atoms with Gasteiger partial charge in [-0.15, -0.1) is 0 Å². The second-order valence-corrected chi connectivity index (χ2v) is 8.36. The van der Waals surface area contributed by atoms with Crippen LogP contribution in [0.3, 0.4) is 0 Å². The van der Waals surface area contributed by atoms with Crippen molar-refractivity contribution in [3.8, 4) is 28.4 Å². The van der Waals surface area contributed by atoms with Crippen LogP contribution in [0.25, 0.3) is 21.9 Å². The van der Waals surface area contributed by atoms with E-state index in [2.05, 4.69) is 58.1 Å². The minimum atomic E-state index is 0.215. The Kier molecular flexibility index (Phi) is 6.49. The molecule has 0 atom stereocenters. The number of nitrogens with zero attached hydrogens (tertiary/aromatic N) is 1. The van der Waals surface area contributed by atoms with Crippen LogP contribution in [0.1, 0.15) is 12.8 Å². The molecule has 2 heterocycles. The maximum Gasteiger partial charge on any atom is 0.162 e. The van der Waals surface area contributed by atoms with Gasteiger partial charge in [0.1, 0.15) is 17.7 Å². The molecule has 0 aliphatic carbocycles. The summed E-state index contributed by atoms with van der Waals surface area (Å²) in [4.78, 5) is 4.65. The maximum absolute atomic E-state index is 6.55. The SMILES string of the molecule is COc1ccc(Nc2cc3c(-c4ccccc4)c(OC4CCNCC4)ccc3cn2)cc1OC. The highest BCUT2D eigenvalue weighted by atomic mass is 16.5. The van der Waals surface area contributed by atoms with Crippen LogP contribution in [-0.4, -0.2) is 38.4 Å². The van der Waals surface area contributed by atoms with Gasteiger partial charge in [-0.3, -0.25) is 0 Å². The molecule has 1 aliphatic heterocycles. The highest BCUT2D eigenvalue weighted by Gasteiger charge is 2.19. The monoisotopic (exact) mass is 455 g/mol. The molecule has 3 aromatic carbocycles. The van der Waals surface area contributed by atoms with Crippen LogP contribution in [0.4, 0.5) is 11.5 Å². The van der Waals surface area contributed by atoms with E-state index in [1.807, 2.05) is 30.5 Å². The molecule has 6 nitrogen and oxygen atoms in total. The molecular weight excluding hydrogens is 426 g/mol. The molecule has 174 valence electrons. The third-order valence-electron chi connectivity index (χ3n) is 6.16. The minimum Gasteiger partial charge on any atom is -0.493 e. The molecule has 6 heteroatoms. The second-order valence-electron chi connectivity index (χ2n) is 8.36. The number of benzene rings is 3. The van der Waals surface area contributed by atoms with Crippen LogP contribution in [0, 0.1) is 0 Å². The summed E-state index contributed by atoms with van der Waals surface area (Å²) in [5, 5.41) is 8.97. The normalized spacial score (nSPS) is 14.1. The quantitative estimate of drug-likeness (QED) is 0.368. The van der Waals surface area contributed by atoms with Gasteiger partial charge in [-0.1, -0.05) is 30.3 Å². The van der Waals surface area contributed by atoms with E-state index in [9.17, 15) is 0 Å². The number of ether oxygens (including phenoxy) is 3. The number of aromatic nitrogens is 1. The number of methoxy groups -OCH3 is 2. The first-order valence-corrected chi connectivity index (χ1v) is 11.6. The smallest absolute Gasteiger partial charge is 0.162 e. The van der Waals surface area contributed by atoms with Crippen molar-refractivity contribution in [2.24, 2.45) is 0 Å². The van der Waals surface area contributed by atoms with E-state index in [0.29, 0.717) is 11.5 Å². The summed E-state index contributed by atoms with van der Waals surface area (Å²) >= 11 is 0. The molecule has 1 saturated heterocycles. The average Bonchev–Trinajstić information content (AvgIpc) is 2.89. The Hall–Kier alpha value is -3.77. The van der Waals surface area contributed by atoms with Crippen LogP contribution in [0.5, 0.6) is 17.2 Å². The Morgan fingerprint density at radius 1 is 0.853 bits per heavy atom. The molecule has 0 unspecified atom stereocenters. The van der Waals surface area contributed by atoms with Crippen LogP contribution in [0.2, 0.25) is 0 Å². The molecule has 4 aromatic rings. The van der Waals surface area contributed by atoms with Gasteiger partial charge in [0, 0.05) is 28.9 Å². The first-order chi connectivity index (χ1) is 16.7. The van der Waals surface area contributed by atoms with Crippen molar-refractivity contribution in [2.45, 2.75) is 18.9 Å². The lowest BCUT2D eigenvalue weighted by atomic mass is 9.97. The largest absolute Gasteiger partial charge is 0.493 e. The van der Waals surface area contributed by atoms with Crippen molar-refractivity contribution in [1.82, 2.24) is 10.3 Å². The molecule has 5 rings (SSSR count). The molecular formula is C28H29N3O3. The number of pyridine rings is 1. The zero-order valence-electron chi connectivity index (χ0n) is 19.5. The summed E-state index contributed by atoms with van der Waals surface area (Å²) in [5.41, 5.74) is 3.09. The standard InChI is InChI=1S/C28H29N3O3/c1-32-24-11-9-21(16-26(24)33-2)31-27-17-23-20(18-30-27)8-10-25(34-22-12-14-29-15-13-22)28(23)19-6-4-3-5-7-19/h3-11,16-18,22,29H,12-15H2,1-2H3,(H,30,31). The van der Waals surface area contributed by atoms with Crippen LogP contribution in [0.15, 0.2) is 72.9 Å². The van der Waals surface area contributed by atoms with Crippen molar-refractivity contribution in [3.63, 3.8) is 0 Å². The lowest BCUT2D eigenvalue weighted by Crippen LogP contribution is -2.34. The van der Waals surface area contributed by atoms with Gasteiger partial charge in [0.15, 0.2) is 11.5 Å². The summed E-state index contributed by atoms with van der Waals surface area (Å²) in [6.07, 6.45) is 4.13. The highest BCUT2D eigenvalue weighted by Crippen LogP contribution is 2.39. The number of nitrogens with one attached hydrogen (secondary N) is 2. The first-order valence-electron chi connectivity index (χ1n) is 11.6. The summed E-state index contributed by atoms with van der Waals surface area (Å²) < 4.78 is 17.3. The molecule has 0 bridgehead atoms. The van der Waals surface area contributed by atoms with Gasteiger partial charge in [-0.25, -0.2) is 4.98 Å². The second kappa shape index (κ2) is 10.0. The molecule has 0 saturated carbocycles. The number of hydrogen-bond acceptors (Lipinski definition) is 6. The Balaban J connectivity index is 1.56. The molecule has 1 aliphatic rings. The number of piperidine rings is 1. The molecule has 0 spiro atoms. The van der Waals surface area contributed by atoms with E-state index >= 15 is 0 Å². The lowest BCUT2D eigenvalue weighted by molar-refractivity contribution is 0.163.